The van der Waals surface area contributed by atoms with Crippen molar-refractivity contribution in [1.29, 1.82) is 0 Å². The van der Waals surface area contributed by atoms with E-state index in [4.69, 9.17) is 16.3 Å². The Bertz CT molecular complexity index is 974. The van der Waals surface area contributed by atoms with E-state index in [2.05, 4.69) is 9.97 Å². The lowest BCUT2D eigenvalue weighted by Gasteiger charge is -2.28. The number of halogens is 2. The lowest BCUT2D eigenvalue weighted by atomic mass is 10.1. The zero-order valence-electron chi connectivity index (χ0n) is 15.4. The molecule has 0 spiro atoms. The van der Waals surface area contributed by atoms with Gasteiger partial charge in [0, 0.05) is 29.8 Å². The summed E-state index contributed by atoms with van der Waals surface area (Å²) >= 11 is 6.25. The highest BCUT2D eigenvalue weighted by Crippen LogP contribution is 2.36. The summed E-state index contributed by atoms with van der Waals surface area (Å²) in [5, 5.41) is 0.627. The van der Waals surface area contributed by atoms with Gasteiger partial charge in [-0.25, -0.2) is 4.98 Å². The number of anilines is 2. The van der Waals surface area contributed by atoms with Crippen LogP contribution >= 0.6 is 11.6 Å². The molecule has 1 aromatic carbocycles. The van der Waals surface area contributed by atoms with E-state index < -0.39 is 11.4 Å². The minimum atomic E-state index is -0.940. The molecule has 4 rings (SSSR count). The highest BCUT2D eigenvalue weighted by molar-refractivity contribution is 6.32. The summed E-state index contributed by atoms with van der Waals surface area (Å²) in [6.45, 7) is 3.69. The molecule has 0 aliphatic carbocycles. The fraction of sp³-hybridized carbons (Fsp3) is 0.421. The molecule has 0 radical (unpaired) electrons. The number of nitrogens with one attached hydrogen (secondary N) is 1. The quantitative estimate of drug-likeness (QED) is 0.842. The number of benzene rings is 1. The fourth-order valence-electron chi connectivity index (χ4n) is 3.77. The van der Waals surface area contributed by atoms with Crippen molar-refractivity contribution in [3.05, 3.63) is 50.8 Å². The van der Waals surface area contributed by atoms with E-state index in [1.54, 1.807) is 21.9 Å². The van der Waals surface area contributed by atoms with Crippen LogP contribution in [0.3, 0.4) is 0 Å². The van der Waals surface area contributed by atoms with Gasteiger partial charge in [-0.1, -0.05) is 17.7 Å². The number of rotatable bonds is 3. The Morgan fingerprint density at radius 3 is 2.89 bits per heavy atom. The smallest absolute Gasteiger partial charge is 0.289 e. The largest absolute Gasteiger partial charge is 0.378 e. The normalized spacial score (nSPS) is 19.0. The number of ether oxygens (including phenoxy) is 1. The Morgan fingerprint density at radius 2 is 2.14 bits per heavy atom. The molecule has 148 valence electrons. The molecule has 28 heavy (non-hydrogen) atoms. The van der Waals surface area contributed by atoms with Crippen LogP contribution in [0.15, 0.2) is 23.0 Å². The number of hydrogen-bond acceptors (Lipinski definition) is 5. The standard InChI is InChI=1S/C19H20ClFN4O3/c1-11-9-12-13(20)3-2-4-14(12)25(11)16(26)10-15-22-18(17(21)19(27)23-15)24-5-7-28-8-6-24/h2-4,11H,5-10H2,1H3,(H,22,23,27). The number of morpholine rings is 1. The van der Waals surface area contributed by atoms with Crippen LogP contribution < -0.4 is 15.4 Å². The monoisotopic (exact) mass is 406 g/mol. The molecule has 2 aliphatic rings. The van der Waals surface area contributed by atoms with Gasteiger partial charge in [-0.15, -0.1) is 0 Å². The van der Waals surface area contributed by atoms with E-state index in [9.17, 15) is 14.0 Å². The van der Waals surface area contributed by atoms with Gasteiger partial charge in [0.25, 0.3) is 5.56 Å². The van der Waals surface area contributed by atoms with Gasteiger partial charge in [-0.3, -0.25) is 9.59 Å². The topological polar surface area (TPSA) is 78.5 Å². The second kappa shape index (κ2) is 7.52. The number of H-pyrrole nitrogens is 1. The zero-order valence-corrected chi connectivity index (χ0v) is 16.1. The molecule has 2 aliphatic heterocycles. The molecular formula is C19H20ClFN4O3. The van der Waals surface area contributed by atoms with Crippen LogP contribution in [0.25, 0.3) is 0 Å². The maximum Gasteiger partial charge on any atom is 0.289 e. The number of aromatic amines is 1. The van der Waals surface area contributed by atoms with Gasteiger partial charge in [0.15, 0.2) is 5.82 Å². The second-order valence-electron chi connectivity index (χ2n) is 6.98. The van der Waals surface area contributed by atoms with E-state index in [-0.39, 0.29) is 30.0 Å². The first-order valence-electron chi connectivity index (χ1n) is 9.16. The lowest BCUT2D eigenvalue weighted by Crippen LogP contribution is -2.40. The molecule has 0 bridgehead atoms. The molecule has 9 heteroatoms. The molecule has 1 atom stereocenters. The minimum absolute atomic E-state index is 0.0345. The van der Waals surface area contributed by atoms with Crippen molar-refractivity contribution in [3.8, 4) is 0 Å². The average molecular weight is 407 g/mol. The van der Waals surface area contributed by atoms with Crippen LogP contribution in [0.5, 0.6) is 0 Å². The van der Waals surface area contributed by atoms with E-state index >= 15 is 0 Å². The Kier molecular flexibility index (Phi) is 5.07. The molecule has 1 aromatic heterocycles. The SMILES string of the molecule is CC1Cc2c(Cl)cccc2N1C(=O)Cc1nc(N2CCOCC2)c(F)c(=O)[nH]1. The van der Waals surface area contributed by atoms with Crippen LogP contribution in [0, 0.1) is 5.82 Å². The minimum Gasteiger partial charge on any atom is -0.378 e. The molecule has 2 aromatic rings. The van der Waals surface area contributed by atoms with Gasteiger partial charge in [-0.2, -0.15) is 4.39 Å². The highest BCUT2D eigenvalue weighted by atomic mass is 35.5. The summed E-state index contributed by atoms with van der Waals surface area (Å²) < 4.78 is 19.6. The maximum absolute atomic E-state index is 14.3. The lowest BCUT2D eigenvalue weighted by molar-refractivity contribution is -0.118. The van der Waals surface area contributed by atoms with Gasteiger partial charge in [-0.05, 0) is 31.0 Å². The average Bonchev–Trinajstić information content (AvgIpc) is 3.02. The third-order valence-electron chi connectivity index (χ3n) is 5.09. The first-order valence-corrected chi connectivity index (χ1v) is 9.54. The molecule has 3 heterocycles. The highest BCUT2D eigenvalue weighted by Gasteiger charge is 2.32. The summed E-state index contributed by atoms with van der Waals surface area (Å²) in [6, 6.07) is 5.39. The van der Waals surface area contributed by atoms with Gasteiger partial charge in [0.2, 0.25) is 11.7 Å². The van der Waals surface area contributed by atoms with Gasteiger partial charge in [0.05, 0.1) is 19.6 Å². The second-order valence-corrected chi connectivity index (χ2v) is 7.39. The number of aromatic nitrogens is 2. The molecule has 0 saturated carbocycles. The van der Waals surface area contributed by atoms with Gasteiger partial charge >= 0.3 is 0 Å². The van der Waals surface area contributed by atoms with Crippen LogP contribution in [-0.4, -0.2) is 48.2 Å². The number of hydrogen-bond donors (Lipinski definition) is 1. The Labute approximate surface area is 166 Å². The zero-order chi connectivity index (χ0) is 19.8. The van der Waals surface area contributed by atoms with Crippen molar-refractivity contribution in [2.24, 2.45) is 0 Å². The van der Waals surface area contributed by atoms with Crippen LogP contribution in [0.2, 0.25) is 5.02 Å². The van der Waals surface area contributed by atoms with Crippen LogP contribution in [0.1, 0.15) is 18.3 Å². The van der Waals surface area contributed by atoms with E-state index in [0.29, 0.717) is 37.7 Å². The first kappa shape index (κ1) is 18.9. The van der Waals surface area contributed by atoms with Crippen molar-refractivity contribution >= 4 is 29.0 Å². The van der Waals surface area contributed by atoms with Gasteiger partial charge < -0.3 is 19.5 Å². The summed E-state index contributed by atoms with van der Waals surface area (Å²) in [6.07, 6.45) is 0.524. The van der Waals surface area contributed by atoms with Gasteiger partial charge in [0.1, 0.15) is 5.82 Å². The van der Waals surface area contributed by atoms with Crippen molar-refractivity contribution in [3.63, 3.8) is 0 Å². The molecule has 1 amide bonds. The summed E-state index contributed by atoms with van der Waals surface area (Å²) in [5.41, 5.74) is 0.819. The number of carbonyl (C=O) groups is 1. The van der Waals surface area contributed by atoms with Crippen molar-refractivity contribution in [2.45, 2.75) is 25.8 Å². The third kappa shape index (κ3) is 3.38. The van der Waals surface area contributed by atoms with Crippen molar-refractivity contribution in [1.82, 2.24) is 9.97 Å². The first-order chi connectivity index (χ1) is 13.5. The predicted octanol–water partition coefficient (Wildman–Crippen LogP) is 1.92. The van der Waals surface area contributed by atoms with Crippen molar-refractivity contribution < 1.29 is 13.9 Å². The number of nitrogens with zero attached hydrogens (tertiary/aromatic N) is 3. The number of amides is 1. The van der Waals surface area contributed by atoms with E-state index in [1.165, 1.54) is 0 Å². The Balaban J connectivity index is 1.61. The van der Waals surface area contributed by atoms with Crippen molar-refractivity contribution in [2.75, 3.05) is 36.1 Å². The molecule has 1 unspecified atom stereocenters. The molecule has 1 saturated heterocycles. The van der Waals surface area contributed by atoms with E-state index in [1.807, 2.05) is 13.0 Å². The molecule has 1 N–H and O–H groups in total. The van der Waals surface area contributed by atoms with Crippen LogP contribution in [-0.2, 0) is 22.4 Å². The summed E-state index contributed by atoms with van der Waals surface area (Å²) in [5.74, 6) is -1.06. The summed E-state index contributed by atoms with van der Waals surface area (Å²) in [7, 11) is 0. The maximum atomic E-state index is 14.3. The molecular weight excluding hydrogens is 387 g/mol. The summed E-state index contributed by atoms with van der Waals surface area (Å²) in [4.78, 5) is 35.0. The fourth-order valence-corrected chi connectivity index (χ4v) is 4.02. The Morgan fingerprint density at radius 1 is 1.39 bits per heavy atom. The molecule has 7 nitrogen and oxygen atoms in total. The third-order valence-corrected chi connectivity index (χ3v) is 5.44. The Hall–Kier alpha value is -2.45. The molecule has 1 fully saturated rings. The predicted molar refractivity (Wildman–Crippen MR) is 104 cm³/mol. The van der Waals surface area contributed by atoms with Crippen LogP contribution in [0.4, 0.5) is 15.9 Å². The number of fused-ring (bicyclic) bond motifs is 1. The van der Waals surface area contributed by atoms with E-state index in [0.717, 1.165) is 11.3 Å². The number of carbonyl (C=O) groups excluding carboxylic acids is 1.